The van der Waals surface area contributed by atoms with Gasteiger partial charge in [-0.2, -0.15) is 0 Å². The summed E-state index contributed by atoms with van der Waals surface area (Å²) in [6.07, 6.45) is 9.76. The number of nitrogens with zero attached hydrogens (tertiary/aromatic N) is 3. The summed E-state index contributed by atoms with van der Waals surface area (Å²) in [7, 11) is 0. The molecular weight excluding hydrogens is 450 g/mol. The van der Waals surface area contributed by atoms with Gasteiger partial charge in [-0.25, -0.2) is 9.97 Å². The molecule has 7 nitrogen and oxygen atoms in total. The van der Waals surface area contributed by atoms with Crippen LogP contribution in [0.1, 0.15) is 65.7 Å². The van der Waals surface area contributed by atoms with Crippen LogP contribution in [0.15, 0.2) is 54.9 Å². The molecule has 6 rings (SSSR count). The molecule has 1 aromatic heterocycles. The second kappa shape index (κ2) is 9.37. The van der Waals surface area contributed by atoms with E-state index >= 15 is 0 Å². The van der Waals surface area contributed by atoms with Crippen molar-refractivity contribution in [3.8, 4) is 0 Å². The van der Waals surface area contributed by atoms with Crippen molar-refractivity contribution in [1.29, 1.82) is 0 Å². The quantitative estimate of drug-likeness (QED) is 0.549. The maximum Gasteiger partial charge on any atom is 0.272 e. The van der Waals surface area contributed by atoms with Crippen LogP contribution in [0.4, 0.5) is 17.2 Å². The highest BCUT2D eigenvalue weighted by Gasteiger charge is 2.50. The molecular formula is C29H31N5O2. The summed E-state index contributed by atoms with van der Waals surface area (Å²) in [5, 5.41) is 6.42. The summed E-state index contributed by atoms with van der Waals surface area (Å²) in [4.78, 5) is 36.8. The third kappa shape index (κ3) is 4.12. The van der Waals surface area contributed by atoms with Crippen molar-refractivity contribution in [2.45, 2.75) is 56.8 Å². The monoisotopic (exact) mass is 481 g/mol. The first-order chi connectivity index (χ1) is 17.6. The minimum absolute atomic E-state index is 0.0239. The molecule has 3 heterocycles. The molecule has 1 unspecified atom stereocenters. The van der Waals surface area contributed by atoms with E-state index < -0.39 is 5.41 Å². The highest BCUT2D eigenvalue weighted by atomic mass is 16.2. The minimum Gasteiger partial charge on any atom is -0.340 e. The molecule has 0 bridgehead atoms. The van der Waals surface area contributed by atoms with Crippen LogP contribution in [0.5, 0.6) is 0 Å². The lowest BCUT2D eigenvalue weighted by Crippen LogP contribution is -2.35. The Kier molecular flexibility index (Phi) is 5.91. The normalized spacial score (nSPS) is 21.2. The molecule has 1 spiro atoms. The van der Waals surface area contributed by atoms with Crippen molar-refractivity contribution in [3.05, 3.63) is 77.2 Å². The smallest absolute Gasteiger partial charge is 0.272 e. The average Bonchev–Trinajstić information content (AvgIpc) is 3.45. The van der Waals surface area contributed by atoms with Gasteiger partial charge in [0.15, 0.2) is 0 Å². The van der Waals surface area contributed by atoms with Crippen LogP contribution >= 0.6 is 0 Å². The van der Waals surface area contributed by atoms with E-state index in [4.69, 9.17) is 0 Å². The molecule has 1 fully saturated rings. The molecule has 184 valence electrons. The predicted octanol–water partition coefficient (Wildman–Crippen LogP) is 5.01. The van der Waals surface area contributed by atoms with E-state index in [1.807, 2.05) is 29.2 Å². The van der Waals surface area contributed by atoms with E-state index in [-0.39, 0.29) is 11.8 Å². The largest absolute Gasteiger partial charge is 0.340 e. The number of carbonyl (C=O) groups excluding carboxylic acids is 2. The van der Waals surface area contributed by atoms with Crippen molar-refractivity contribution >= 4 is 29.0 Å². The van der Waals surface area contributed by atoms with E-state index in [1.54, 1.807) is 6.07 Å². The van der Waals surface area contributed by atoms with Gasteiger partial charge in [0.25, 0.3) is 5.91 Å². The summed E-state index contributed by atoms with van der Waals surface area (Å²) >= 11 is 0. The van der Waals surface area contributed by atoms with Gasteiger partial charge in [0, 0.05) is 30.5 Å². The van der Waals surface area contributed by atoms with Crippen molar-refractivity contribution in [1.82, 2.24) is 14.9 Å². The topological polar surface area (TPSA) is 87.2 Å². The number of nitrogens with one attached hydrogen (secondary N) is 2. The molecule has 36 heavy (non-hydrogen) atoms. The average molecular weight is 482 g/mol. The molecule has 7 heteroatoms. The molecule has 2 aliphatic heterocycles. The van der Waals surface area contributed by atoms with Gasteiger partial charge in [-0.15, -0.1) is 0 Å². The number of anilines is 3. The summed E-state index contributed by atoms with van der Waals surface area (Å²) in [6, 6.07) is 15.9. The Morgan fingerprint density at radius 3 is 2.47 bits per heavy atom. The number of para-hydroxylation sites is 1. The van der Waals surface area contributed by atoms with Crippen molar-refractivity contribution < 1.29 is 9.59 Å². The fraction of sp³-hybridized carbons (Fsp3) is 0.379. The van der Waals surface area contributed by atoms with E-state index in [9.17, 15) is 9.59 Å². The van der Waals surface area contributed by atoms with Crippen LogP contribution in [0, 0.1) is 0 Å². The third-order valence-corrected chi connectivity index (χ3v) is 7.87. The van der Waals surface area contributed by atoms with Crippen molar-refractivity contribution in [2.24, 2.45) is 0 Å². The Hall–Kier alpha value is -3.74. The number of rotatable bonds is 3. The fourth-order valence-electron chi connectivity index (χ4n) is 5.96. The summed E-state index contributed by atoms with van der Waals surface area (Å²) in [5.74, 6) is 0.645. The van der Waals surface area contributed by atoms with Crippen LogP contribution in [-0.4, -0.2) is 39.8 Å². The van der Waals surface area contributed by atoms with Gasteiger partial charge in [-0.3, -0.25) is 9.59 Å². The van der Waals surface area contributed by atoms with E-state index in [2.05, 4.69) is 38.8 Å². The number of fused-ring (bicyclic) bond motifs is 3. The number of carbonyl (C=O) groups is 2. The SMILES string of the molecule is O=C(c1cc(Nc2ccc3c(c2)CC2(C3)C(=O)Nc3ccccc32)ncn1)N1CCCCCCCC1. The molecule has 1 atom stereocenters. The molecule has 0 radical (unpaired) electrons. The molecule has 2 aromatic carbocycles. The molecule has 2 N–H and O–H groups in total. The van der Waals surface area contributed by atoms with Gasteiger partial charge in [0.1, 0.15) is 17.8 Å². The summed E-state index contributed by atoms with van der Waals surface area (Å²) < 4.78 is 0. The zero-order valence-corrected chi connectivity index (χ0v) is 20.4. The van der Waals surface area contributed by atoms with Gasteiger partial charge in [0.05, 0.1) is 5.41 Å². The molecule has 0 saturated carbocycles. The summed E-state index contributed by atoms with van der Waals surface area (Å²) in [5.41, 5.74) is 5.13. The van der Waals surface area contributed by atoms with Gasteiger partial charge in [-0.05, 0) is 60.6 Å². The lowest BCUT2D eigenvalue weighted by molar-refractivity contribution is -0.120. The van der Waals surface area contributed by atoms with Crippen LogP contribution < -0.4 is 10.6 Å². The third-order valence-electron chi connectivity index (χ3n) is 7.87. The Bertz CT molecular complexity index is 1310. The van der Waals surface area contributed by atoms with E-state index in [0.717, 1.165) is 48.4 Å². The van der Waals surface area contributed by atoms with Gasteiger partial charge >= 0.3 is 0 Å². The highest BCUT2D eigenvalue weighted by Crippen LogP contribution is 2.47. The Labute approximate surface area is 211 Å². The molecule has 2 amide bonds. The number of aromatic nitrogens is 2. The lowest BCUT2D eigenvalue weighted by Gasteiger charge is -2.21. The van der Waals surface area contributed by atoms with E-state index in [1.165, 1.54) is 37.6 Å². The Morgan fingerprint density at radius 2 is 1.64 bits per heavy atom. The lowest BCUT2D eigenvalue weighted by atomic mass is 9.79. The molecule has 3 aromatic rings. The molecule has 3 aliphatic rings. The van der Waals surface area contributed by atoms with Gasteiger partial charge in [0.2, 0.25) is 5.91 Å². The maximum atomic E-state index is 13.2. The number of hydrogen-bond acceptors (Lipinski definition) is 5. The van der Waals surface area contributed by atoms with Crippen LogP contribution in [-0.2, 0) is 23.1 Å². The first-order valence-electron chi connectivity index (χ1n) is 13.0. The predicted molar refractivity (Wildman–Crippen MR) is 140 cm³/mol. The second-order valence-electron chi connectivity index (χ2n) is 10.2. The number of benzene rings is 2. The Balaban J connectivity index is 1.19. The van der Waals surface area contributed by atoms with Gasteiger partial charge in [-0.1, -0.05) is 49.9 Å². The zero-order valence-electron chi connectivity index (χ0n) is 20.4. The first kappa shape index (κ1) is 22.7. The number of amides is 2. The van der Waals surface area contributed by atoms with E-state index in [0.29, 0.717) is 24.4 Å². The van der Waals surface area contributed by atoms with Crippen molar-refractivity contribution in [3.63, 3.8) is 0 Å². The maximum absolute atomic E-state index is 13.2. The highest BCUT2D eigenvalue weighted by molar-refractivity contribution is 6.07. The second-order valence-corrected chi connectivity index (χ2v) is 10.2. The van der Waals surface area contributed by atoms with Crippen LogP contribution in [0.25, 0.3) is 0 Å². The molecule has 1 aliphatic carbocycles. The van der Waals surface area contributed by atoms with Crippen LogP contribution in [0.2, 0.25) is 0 Å². The number of hydrogen-bond donors (Lipinski definition) is 2. The first-order valence-corrected chi connectivity index (χ1v) is 13.0. The Morgan fingerprint density at radius 1 is 0.889 bits per heavy atom. The van der Waals surface area contributed by atoms with Gasteiger partial charge < -0.3 is 15.5 Å². The standard InChI is InChI=1S/C29H31N5O2/c35-27(34-13-7-3-1-2-4-8-14-34)25-16-26(31-19-30-25)32-22-12-11-20-17-29(18-21(20)15-22)23-9-5-6-10-24(23)33-28(29)36/h5-6,9-12,15-16,19H,1-4,7-8,13-14,17-18H2,(H,33,36)(H,30,31,32). The minimum atomic E-state index is -0.531. The zero-order chi connectivity index (χ0) is 24.5. The summed E-state index contributed by atoms with van der Waals surface area (Å²) in [6.45, 7) is 1.57. The fourth-order valence-corrected chi connectivity index (χ4v) is 5.96. The molecule has 1 saturated heterocycles. The van der Waals surface area contributed by atoms with Crippen molar-refractivity contribution in [2.75, 3.05) is 23.7 Å². The van der Waals surface area contributed by atoms with Crippen LogP contribution in [0.3, 0.4) is 0 Å².